The number of benzene rings is 2. The van der Waals surface area contributed by atoms with Gasteiger partial charge in [0.1, 0.15) is 12.4 Å². The van der Waals surface area contributed by atoms with E-state index in [0.717, 1.165) is 29.7 Å². The van der Waals surface area contributed by atoms with Crippen LogP contribution in [0, 0.1) is 5.92 Å². The van der Waals surface area contributed by atoms with Crippen molar-refractivity contribution in [2.75, 3.05) is 19.6 Å². The fourth-order valence-corrected chi connectivity index (χ4v) is 5.01. The van der Waals surface area contributed by atoms with Crippen molar-refractivity contribution in [2.24, 2.45) is 5.92 Å². The fourth-order valence-electron chi connectivity index (χ4n) is 3.37. The average Bonchev–Trinajstić information content (AvgIpc) is 2.72. The highest BCUT2D eigenvalue weighted by molar-refractivity contribution is 7.86. The summed E-state index contributed by atoms with van der Waals surface area (Å²) in [5.41, 5.74) is 2.08. The standard InChI is InChI=1S/C22H30N2O3S/c1-3-23(28(25,26)24-15-13-19(2)14-16-24)17-20-9-11-22(12-10-20)27-18-21-7-5-4-6-8-21/h4-12,19H,3,13-18H2,1-2H3. The van der Waals surface area contributed by atoms with Crippen LogP contribution in [-0.2, 0) is 23.4 Å². The Morgan fingerprint density at radius 1 is 1.00 bits per heavy atom. The van der Waals surface area contributed by atoms with Gasteiger partial charge in [-0.15, -0.1) is 0 Å². The lowest BCUT2D eigenvalue weighted by Gasteiger charge is -2.33. The lowest BCUT2D eigenvalue weighted by Crippen LogP contribution is -2.46. The van der Waals surface area contributed by atoms with E-state index in [4.69, 9.17) is 4.74 Å². The molecule has 0 N–H and O–H groups in total. The molecule has 28 heavy (non-hydrogen) atoms. The number of rotatable bonds is 8. The van der Waals surface area contributed by atoms with Gasteiger partial charge in [0.15, 0.2) is 0 Å². The second-order valence-electron chi connectivity index (χ2n) is 7.43. The van der Waals surface area contributed by atoms with Crippen LogP contribution in [0.2, 0.25) is 0 Å². The molecule has 2 aromatic carbocycles. The van der Waals surface area contributed by atoms with Gasteiger partial charge in [0, 0.05) is 26.2 Å². The van der Waals surface area contributed by atoms with Gasteiger partial charge in [-0.05, 0) is 42.0 Å². The lowest BCUT2D eigenvalue weighted by molar-refractivity contribution is 0.264. The van der Waals surface area contributed by atoms with E-state index >= 15 is 0 Å². The summed E-state index contributed by atoms with van der Waals surface area (Å²) in [6.07, 6.45) is 1.87. The van der Waals surface area contributed by atoms with E-state index in [1.807, 2.05) is 61.5 Å². The van der Waals surface area contributed by atoms with Crippen molar-refractivity contribution >= 4 is 10.2 Å². The minimum Gasteiger partial charge on any atom is -0.489 e. The molecular weight excluding hydrogens is 372 g/mol. The van der Waals surface area contributed by atoms with Gasteiger partial charge < -0.3 is 4.74 Å². The van der Waals surface area contributed by atoms with E-state index in [-0.39, 0.29) is 0 Å². The van der Waals surface area contributed by atoms with E-state index in [1.54, 1.807) is 8.61 Å². The van der Waals surface area contributed by atoms with Crippen molar-refractivity contribution in [3.63, 3.8) is 0 Å². The minimum atomic E-state index is -3.42. The quantitative estimate of drug-likeness (QED) is 0.669. The summed E-state index contributed by atoms with van der Waals surface area (Å²) in [5.74, 6) is 1.38. The first kappa shape index (κ1) is 20.8. The molecule has 1 heterocycles. The first-order valence-electron chi connectivity index (χ1n) is 10.00. The molecule has 0 atom stereocenters. The van der Waals surface area contributed by atoms with Gasteiger partial charge in [0.2, 0.25) is 0 Å². The summed E-state index contributed by atoms with van der Waals surface area (Å²) in [6, 6.07) is 17.7. The molecule has 1 fully saturated rings. The van der Waals surface area contributed by atoms with E-state index in [9.17, 15) is 8.42 Å². The van der Waals surface area contributed by atoms with Crippen LogP contribution in [0.1, 0.15) is 37.8 Å². The normalized spacial score (nSPS) is 16.4. The highest BCUT2D eigenvalue weighted by Crippen LogP contribution is 2.22. The monoisotopic (exact) mass is 402 g/mol. The van der Waals surface area contributed by atoms with Crippen LogP contribution in [-0.4, -0.2) is 36.7 Å². The number of ether oxygens (including phenoxy) is 1. The molecule has 6 heteroatoms. The Kier molecular flexibility index (Phi) is 7.10. The molecule has 152 valence electrons. The minimum absolute atomic E-state index is 0.379. The predicted molar refractivity (Wildman–Crippen MR) is 112 cm³/mol. The smallest absolute Gasteiger partial charge is 0.282 e. The van der Waals surface area contributed by atoms with Gasteiger partial charge in [-0.25, -0.2) is 0 Å². The molecule has 1 saturated heterocycles. The molecule has 1 aliphatic rings. The highest BCUT2D eigenvalue weighted by atomic mass is 32.2. The van der Waals surface area contributed by atoms with Crippen molar-refractivity contribution in [1.29, 1.82) is 0 Å². The molecule has 5 nitrogen and oxygen atoms in total. The van der Waals surface area contributed by atoms with Gasteiger partial charge in [-0.1, -0.05) is 56.3 Å². The number of hydrogen-bond acceptors (Lipinski definition) is 3. The van der Waals surface area contributed by atoms with Crippen LogP contribution in [0.5, 0.6) is 5.75 Å². The second-order valence-corrected chi connectivity index (χ2v) is 9.36. The van der Waals surface area contributed by atoms with Gasteiger partial charge >= 0.3 is 0 Å². The number of nitrogens with zero attached hydrogens (tertiary/aromatic N) is 2. The van der Waals surface area contributed by atoms with Crippen LogP contribution in [0.3, 0.4) is 0 Å². The number of hydrogen-bond donors (Lipinski definition) is 0. The molecule has 1 aliphatic heterocycles. The van der Waals surface area contributed by atoms with Crippen LogP contribution in [0.25, 0.3) is 0 Å². The first-order valence-corrected chi connectivity index (χ1v) is 11.4. The number of piperidine rings is 1. The van der Waals surface area contributed by atoms with E-state index in [0.29, 0.717) is 38.7 Å². The predicted octanol–water partition coefficient (Wildman–Crippen LogP) is 4.06. The molecule has 0 bridgehead atoms. The maximum Gasteiger partial charge on any atom is 0.282 e. The van der Waals surface area contributed by atoms with Crippen LogP contribution in [0.4, 0.5) is 0 Å². The van der Waals surface area contributed by atoms with Gasteiger partial charge in [-0.3, -0.25) is 0 Å². The summed E-state index contributed by atoms with van der Waals surface area (Å²) < 4.78 is 35.0. The largest absolute Gasteiger partial charge is 0.489 e. The first-order chi connectivity index (χ1) is 13.5. The summed E-state index contributed by atoms with van der Waals surface area (Å²) >= 11 is 0. The Balaban J connectivity index is 1.60. The highest BCUT2D eigenvalue weighted by Gasteiger charge is 2.31. The topological polar surface area (TPSA) is 49.9 Å². The maximum absolute atomic E-state index is 13.0. The SMILES string of the molecule is CCN(Cc1ccc(OCc2ccccc2)cc1)S(=O)(=O)N1CCC(C)CC1. The third kappa shape index (κ3) is 5.34. The molecular formula is C22H30N2O3S. The summed E-state index contributed by atoms with van der Waals surface area (Å²) in [4.78, 5) is 0. The molecule has 0 unspecified atom stereocenters. The lowest BCUT2D eigenvalue weighted by atomic mass is 10.0. The molecule has 0 radical (unpaired) electrons. The van der Waals surface area contributed by atoms with Crippen LogP contribution < -0.4 is 4.74 Å². The molecule has 0 aliphatic carbocycles. The third-order valence-corrected chi connectivity index (χ3v) is 7.34. The van der Waals surface area contributed by atoms with Crippen LogP contribution >= 0.6 is 0 Å². The van der Waals surface area contributed by atoms with Crippen molar-refractivity contribution in [3.8, 4) is 5.75 Å². The summed E-state index contributed by atoms with van der Waals surface area (Å²) in [5, 5.41) is 0. The maximum atomic E-state index is 13.0. The Morgan fingerprint density at radius 2 is 1.64 bits per heavy atom. The van der Waals surface area contributed by atoms with E-state index in [1.165, 1.54) is 0 Å². The van der Waals surface area contributed by atoms with Crippen molar-refractivity contribution in [1.82, 2.24) is 8.61 Å². The fraction of sp³-hybridized carbons (Fsp3) is 0.455. The summed E-state index contributed by atoms with van der Waals surface area (Å²) in [6.45, 7) is 6.66. The summed E-state index contributed by atoms with van der Waals surface area (Å²) in [7, 11) is -3.42. The zero-order valence-corrected chi connectivity index (χ0v) is 17.6. The van der Waals surface area contributed by atoms with Gasteiger partial charge in [0.05, 0.1) is 0 Å². The molecule has 0 amide bonds. The van der Waals surface area contributed by atoms with Crippen molar-refractivity contribution in [2.45, 2.75) is 39.8 Å². The Hall–Kier alpha value is -1.89. The third-order valence-electron chi connectivity index (χ3n) is 5.28. The Labute approximate surface area is 169 Å². The average molecular weight is 403 g/mol. The Bertz CT molecular complexity index is 830. The van der Waals surface area contributed by atoms with E-state index < -0.39 is 10.2 Å². The zero-order chi connectivity index (χ0) is 20.0. The second kappa shape index (κ2) is 9.54. The zero-order valence-electron chi connectivity index (χ0n) is 16.8. The molecule has 3 rings (SSSR count). The van der Waals surface area contributed by atoms with Gasteiger partial charge in [-0.2, -0.15) is 17.0 Å². The molecule has 0 aromatic heterocycles. The molecule has 0 spiro atoms. The van der Waals surface area contributed by atoms with Crippen molar-refractivity contribution < 1.29 is 13.2 Å². The molecule has 0 saturated carbocycles. The van der Waals surface area contributed by atoms with Crippen LogP contribution in [0.15, 0.2) is 54.6 Å². The van der Waals surface area contributed by atoms with Gasteiger partial charge in [0.25, 0.3) is 10.2 Å². The van der Waals surface area contributed by atoms with E-state index in [2.05, 4.69) is 6.92 Å². The van der Waals surface area contributed by atoms with Crippen molar-refractivity contribution in [3.05, 3.63) is 65.7 Å². The molecule has 2 aromatic rings. The Morgan fingerprint density at radius 3 is 2.25 bits per heavy atom.